The Bertz CT molecular complexity index is 644. The van der Waals surface area contributed by atoms with Crippen LogP contribution in [-0.2, 0) is 6.61 Å². The minimum Gasteiger partial charge on any atom is -0.488 e. The number of hydrogen-bond acceptors (Lipinski definition) is 3. The van der Waals surface area contributed by atoms with Gasteiger partial charge in [0.1, 0.15) is 18.2 Å². The van der Waals surface area contributed by atoms with Crippen molar-refractivity contribution >= 4 is 21.6 Å². The van der Waals surface area contributed by atoms with E-state index in [1.165, 1.54) is 6.07 Å². The van der Waals surface area contributed by atoms with Gasteiger partial charge in [0.05, 0.1) is 10.2 Å². The molecular formula is C15H13BrFNO2. The molecule has 0 saturated carbocycles. The second-order valence-corrected chi connectivity index (χ2v) is 5.07. The van der Waals surface area contributed by atoms with Crippen molar-refractivity contribution in [3.8, 4) is 5.75 Å². The number of oxime groups is 1. The van der Waals surface area contributed by atoms with Crippen LogP contribution in [0.25, 0.3) is 0 Å². The van der Waals surface area contributed by atoms with E-state index in [1.54, 1.807) is 25.1 Å². The average molecular weight is 338 g/mol. The van der Waals surface area contributed by atoms with Crippen LogP contribution < -0.4 is 4.74 Å². The van der Waals surface area contributed by atoms with Crippen molar-refractivity contribution in [2.75, 3.05) is 0 Å². The first kappa shape index (κ1) is 14.5. The van der Waals surface area contributed by atoms with Crippen LogP contribution in [0.5, 0.6) is 5.75 Å². The quantitative estimate of drug-likeness (QED) is 0.511. The summed E-state index contributed by atoms with van der Waals surface area (Å²) in [6.45, 7) is 1.99. The molecule has 0 fully saturated rings. The molecule has 0 amide bonds. The second-order valence-electron chi connectivity index (χ2n) is 4.22. The Morgan fingerprint density at radius 1 is 1.30 bits per heavy atom. The van der Waals surface area contributed by atoms with Gasteiger partial charge >= 0.3 is 0 Å². The molecule has 0 aromatic heterocycles. The van der Waals surface area contributed by atoms with Gasteiger partial charge in [-0.25, -0.2) is 4.39 Å². The van der Waals surface area contributed by atoms with Gasteiger partial charge in [0.25, 0.3) is 0 Å². The summed E-state index contributed by atoms with van der Waals surface area (Å²) in [5.74, 6) is 0.306. The largest absolute Gasteiger partial charge is 0.488 e. The fraction of sp³-hybridized carbons (Fsp3) is 0.133. The zero-order valence-electron chi connectivity index (χ0n) is 10.8. The van der Waals surface area contributed by atoms with E-state index >= 15 is 0 Å². The normalized spacial score (nSPS) is 11.4. The zero-order chi connectivity index (χ0) is 14.5. The molecule has 0 atom stereocenters. The first-order valence-corrected chi connectivity index (χ1v) is 6.76. The number of hydrogen-bond donors (Lipinski definition) is 1. The second kappa shape index (κ2) is 6.52. The topological polar surface area (TPSA) is 41.8 Å². The minimum atomic E-state index is -0.308. The zero-order valence-corrected chi connectivity index (χ0v) is 12.4. The monoisotopic (exact) mass is 337 g/mol. The SMILES string of the molecule is CC(=NO)c1ccccc1OCc1ccc(F)c(Br)c1. The van der Waals surface area contributed by atoms with Crippen molar-refractivity contribution < 1.29 is 14.3 Å². The van der Waals surface area contributed by atoms with Crippen LogP contribution in [0.1, 0.15) is 18.1 Å². The summed E-state index contributed by atoms with van der Waals surface area (Å²) in [7, 11) is 0. The summed E-state index contributed by atoms with van der Waals surface area (Å²) in [6.07, 6.45) is 0. The molecule has 0 unspecified atom stereocenters. The van der Waals surface area contributed by atoms with Gasteiger partial charge in [-0.15, -0.1) is 0 Å². The minimum absolute atomic E-state index is 0.300. The summed E-state index contributed by atoms with van der Waals surface area (Å²) in [5, 5.41) is 12.0. The van der Waals surface area contributed by atoms with Gasteiger partial charge in [0.15, 0.2) is 0 Å². The number of ether oxygens (including phenoxy) is 1. The van der Waals surface area contributed by atoms with E-state index in [9.17, 15) is 4.39 Å². The van der Waals surface area contributed by atoms with E-state index in [0.29, 0.717) is 22.5 Å². The third-order valence-corrected chi connectivity index (χ3v) is 3.41. The molecule has 0 aliphatic heterocycles. The molecule has 0 aliphatic rings. The van der Waals surface area contributed by atoms with Crippen LogP contribution in [0, 0.1) is 5.82 Å². The van der Waals surface area contributed by atoms with Crippen molar-refractivity contribution in [2.24, 2.45) is 5.16 Å². The molecule has 20 heavy (non-hydrogen) atoms. The van der Waals surface area contributed by atoms with E-state index in [-0.39, 0.29) is 5.82 Å². The summed E-state index contributed by atoms with van der Waals surface area (Å²) >= 11 is 3.14. The molecular weight excluding hydrogens is 325 g/mol. The number of para-hydroxylation sites is 1. The molecule has 2 aromatic rings. The number of rotatable bonds is 4. The predicted molar refractivity (Wildman–Crippen MR) is 78.9 cm³/mol. The van der Waals surface area contributed by atoms with E-state index in [1.807, 2.05) is 18.2 Å². The van der Waals surface area contributed by atoms with Gasteiger partial charge in [0, 0.05) is 5.56 Å². The van der Waals surface area contributed by atoms with Gasteiger partial charge < -0.3 is 9.94 Å². The number of benzene rings is 2. The Morgan fingerprint density at radius 2 is 2.05 bits per heavy atom. The average Bonchev–Trinajstić information content (AvgIpc) is 2.48. The summed E-state index contributed by atoms with van der Waals surface area (Å²) in [6, 6.07) is 12.0. The van der Waals surface area contributed by atoms with Crippen molar-refractivity contribution in [2.45, 2.75) is 13.5 Å². The van der Waals surface area contributed by atoms with Gasteiger partial charge in [-0.2, -0.15) is 0 Å². The highest BCUT2D eigenvalue weighted by molar-refractivity contribution is 9.10. The third kappa shape index (κ3) is 3.36. The lowest BCUT2D eigenvalue weighted by Gasteiger charge is -2.11. The maximum atomic E-state index is 13.1. The Hall–Kier alpha value is -1.88. The van der Waals surface area contributed by atoms with Crippen LogP contribution in [0.3, 0.4) is 0 Å². The molecule has 3 nitrogen and oxygen atoms in total. The van der Waals surface area contributed by atoms with Crippen molar-refractivity contribution in [1.29, 1.82) is 0 Å². The Balaban J connectivity index is 2.17. The highest BCUT2D eigenvalue weighted by atomic mass is 79.9. The summed E-state index contributed by atoms with van der Waals surface area (Å²) in [5.41, 5.74) is 2.03. The van der Waals surface area contributed by atoms with Crippen LogP contribution in [0.2, 0.25) is 0 Å². The maximum Gasteiger partial charge on any atom is 0.137 e. The fourth-order valence-electron chi connectivity index (χ4n) is 1.74. The van der Waals surface area contributed by atoms with Crippen LogP contribution in [0.15, 0.2) is 52.1 Å². The summed E-state index contributed by atoms with van der Waals surface area (Å²) in [4.78, 5) is 0. The molecule has 2 aromatic carbocycles. The molecule has 0 bridgehead atoms. The van der Waals surface area contributed by atoms with Crippen LogP contribution in [-0.4, -0.2) is 10.9 Å². The van der Waals surface area contributed by atoms with Gasteiger partial charge in [0.2, 0.25) is 0 Å². The molecule has 104 valence electrons. The lowest BCUT2D eigenvalue weighted by molar-refractivity contribution is 0.303. The van der Waals surface area contributed by atoms with Gasteiger partial charge in [-0.05, 0) is 52.7 Å². The van der Waals surface area contributed by atoms with E-state index < -0.39 is 0 Å². The van der Waals surface area contributed by atoms with Gasteiger partial charge in [-0.1, -0.05) is 23.4 Å². The molecule has 5 heteroatoms. The van der Waals surface area contributed by atoms with Crippen LogP contribution in [0.4, 0.5) is 4.39 Å². The van der Waals surface area contributed by atoms with Gasteiger partial charge in [-0.3, -0.25) is 0 Å². The predicted octanol–water partition coefficient (Wildman–Crippen LogP) is 4.37. The standard InChI is InChI=1S/C15H13BrFNO2/c1-10(18-19)12-4-2-3-5-15(12)20-9-11-6-7-14(17)13(16)8-11/h2-8,19H,9H2,1H3. The van der Waals surface area contributed by atoms with E-state index in [4.69, 9.17) is 9.94 Å². The van der Waals surface area contributed by atoms with E-state index in [0.717, 1.165) is 11.1 Å². The number of halogens is 2. The highest BCUT2D eigenvalue weighted by Gasteiger charge is 2.07. The Morgan fingerprint density at radius 3 is 2.75 bits per heavy atom. The molecule has 0 radical (unpaired) electrons. The smallest absolute Gasteiger partial charge is 0.137 e. The molecule has 0 aliphatic carbocycles. The summed E-state index contributed by atoms with van der Waals surface area (Å²) < 4.78 is 19.3. The Labute approximate surface area is 124 Å². The lowest BCUT2D eigenvalue weighted by Crippen LogP contribution is -2.02. The molecule has 0 heterocycles. The van der Waals surface area contributed by atoms with Crippen molar-refractivity contribution in [1.82, 2.24) is 0 Å². The first-order valence-electron chi connectivity index (χ1n) is 5.96. The van der Waals surface area contributed by atoms with E-state index in [2.05, 4.69) is 21.1 Å². The lowest BCUT2D eigenvalue weighted by atomic mass is 10.1. The highest BCUT2D eigenvalue weighted by Crippen LogP contribution is 2.22. The third-order valence-electron chi connectivity index (χ3n) is 2.81. The van der Waals surface area contributed by atoms with Crippen LogP contribution >= 0.6 is 15.9 Å². The number of nitrogens with zero attached hydrogens (tertiary/aromatic N) is 1. The molecule has 0 spiro atoms. The molecule has 2 rings (SSSR count). The molecule has 1 N–H and O–H groups in total. The Kier molecular flexibility index (Phi) is 4.74. The van der Waals surface area contributed by atoms with Crippen molar-refractivity contribution in [3.63, 3.8) is 0 Å². The molecule has 0 saturated heterocycles. The maximum absolute atomic E-state index is 13.1. The first-order chi connectivity index (χ1) is 9.61. The van der Waals surface area contributed by atoms with Crippen molar-refractivity contribution in [3.05, 3.63) is 63.9 Å². The fourth-order valence-corrected chi connectivity index (χ4v) is 2.16.